The Kier molecular flexibility index (Phi) is 5.55. The molecule has 7 nitrogen and oxygen atoms in total. The molecule has 1 fully saturated rings. The summed E-state index contributed by atoms with van der Waals surface area (Å²) in [5.41, 5.74) is 2.65. The average molecular weight is 434 g/mol. The Morgan fingerprint density at radius 1 is 1.12 bits per heavy atom. The summed E-state index contributed by atoms with van der Waals surface area (Å²) in [7, 11) is 0. The first-order valence-corrected chi connectivity index (χ1v) is 11.3. The molecule has 3 heterocycles. The van der Waals surface area contributed by atoms with Gasteiger partial charge in [-0.1, -0.05) is 18.2 Å². The van der Waals surface area contributed by atoms with Crippen molar-refractivity contribution in [3.63, 3.8) is 0 Å². The summed E-state index contributed by atoms with van der Waals surface area (Å²) in [6.45, 7) is 4.28. The van der Waals surface area contributed by atoms with E-state index in [1.165, 1.54) is 0 Å². The lowest BCUT2D eigenvalue weighted by molar-refractivity contribution is -0.132. The van der Waals surface area contributed by atoms with Crippen molar-refractivity contribution < 1.29 is 14.3 Å². The smallest absolute Gasteiger partial charge is 0.261 e. The van der Waals surface area contributed by atoms with E-state index in [1.807, 2.05) is 42.2 Å². The van der Waals surface area contributed by atoms with Gasteiger partial charge in [-0.2, -0.15) is 0 Å². The molecular formula is C25H27N3O4. The molecule has 0 spiro atoms. The minimum atomic E-state index is -0.104. The summed E-state index contributed by atoms with van der Waals surface area (Å²) in [6.07, 6.45) is 4.56. The Hall–Kier alpha value is -3.35. The minimum Gasteiger partial charge on any atom is -0.490 e. The van der Waals surface area contributed by atoms with Crippen molar-refractivity contribution in [3.8, 4) is 11.5 Å². The standard InChI is InChI=1S/C25H27N3O4/c1-17-5-2-6-19-24(17)26-16-27(25(19)30)12-10-23(29)28-11-3-7-20(28)18-8-9-21-22(15-18)32-14-4-13-31-21/h2,5-6,8-9,15-16,20H,3-4,7,10-14H2,1H3/t20-/m0/s1. The van der Waals surface area contributed by atoms with E-state index in [4.69, 9.17) is 9.47 Å². The van der Waals surface area contributed by atoms with Crippen LogP contribution in [0.5, 0.6) is 11.5 Å². The molecule has 0 bridgehead atoms. The van der Waals surface area contributed by atoms with Crippen LogP contribution in [0.2, 0.25) is 0 Å². The van der Waals surface area contributed by atoms with E-state index >= 15 is 0 Å². The third kappa shape index (κ3) is 3.83. The van der Waals surface area contributed by atoms with Crippen LogP contribution in [0.15, 0.2) is 47.5 Å². The van der Waals surface area contributed by atoms with Gasteiger partial charge in [0.05, 0.1) is 36.5 Å². The van der Waals surface area contributed by atoms with Crippen molar-refractivity contribution in [1.82, 2.24) is 14.5 Å². The van der Waals surface area contributed by atoms with Crippen LogP contribution in [0.4, 0.5) is 0 Å². The van der Waals surface area contributed by atoms with E-state index in [0.29, 0.717) is 30.7 Å². The summed E-state index contributed by atoms with van der Waals surface area (Å²) in [4.78, 5) is 32.3. The zero-order valence-corrected chi connectivity index (χ0v) is 18.3. The monoisotopic (exact) mass is 433 g/mol. The Morgan fingerprint density at radius 3 is 2.84 bits per heavy atom. The molecule has 0 saturated carbocycles. The Bertz CT molecular complexity index is 1220. The molecule has 166 valence electrons. The fraction of sp³-hybridized carbons (Fsp3) is 0.400. The van der Waals surface area contributed by atoms with Gasteiger partial charge in [0.25, 0.3) is 5.56 Å². The Balaban J connectivity index is 1.31. The highest BCUT2D eigenvalue weighted by molar-refractivity contribution is 5.80. The number of benzene rings is 2. The van der Waals surface area contributed by atoms with E-state index in [0.717, 1.165) is 48.4 Å². The number of carbonyl (C=O) groups excluding carboxylic acids is 1. The lowest BCUT2D eigenvalue weighted by atomic mass is 10.0. The number of hydrogen-bond donors (Lipinski definition) is 0. The maximum atomic E-state index is 13.1. The molecule has 2 aliphatic heterocycles. The number of carbonyl (C=O) groups is 1. The number of nitrogens with zero attached hydrogens (tertiary/aromatic N) is 3. The van der Waals surface area contributed by atoms with Crippen molar-refractivity contribution in [2.45, 2.75) is 45.2 Å². The molecule has 7 heteroatoms. The van der Waals surface area contributed by atoms with Gasteiger partial charge < -0.3 is 14.4 Å². The molecule has 2 aromatic carbocycles. The van der Waals surface area contributed by atoms with Gasteiger partial charge in [0, 0.05) is 25.9 Å². The summed E-state index contributed by atoms with van der Waals surface area (Å²) in [5.74, 6) is 1.57. The van der Waals surface area contributed by atoms with Crippen molar-refractivity contribution in [3.05, 3.63) is 64.2 Å². The average Bonchev–Trinajstić information content (AvgIpc) is 3.18. The second kappa shape index (κ2) is 8.65. The van der Waals surface area contributed by atoms with Crippen LogP contribution in [-0.2, 0) is 11.3 Å². The topological polar surface area (TPSA) is 73.7 Å². The van der Waals surface area contributed by atoms with E-state index in [1.54, 1.807) is 17.0 Å². The van der Waals surface area contributed by atoms with Gasteiger partial charge in [0.2, 0.25) is 5.91 Å². The Labute approximate surface area is 186 Å². The number of ether oxygens (including phenoxy) is 2. The predicted octanol–water partition coefficient (Wildman–Crippen LogP) is 3.62. The van der Waals surface area contributed by atoms with Crippen molar-refractivity contribution in [2.24, 2.45) is 0 Å². The molecule has 1 aromatic heterocycles. The van der Waals surface area contributed by atoms with Gasteiger partial charge in [-0.05, 0) is 49.1 Å². The molecule has 2 aliphatic rings. The molecule has 3 aromatic rings. The fourth-order valence-electron chi connectivity index (χ4n) is 4.66. The highest BCUT2D eigenvalue weighted by Crippen LogP contribution is 2.38. The number of aromatic nitrogens is 2. The summed E-state index contributed by atoms with van der Waals surface area (Å²) in [6, 6.07) is 11.6. The highest BCUT2D eigenvalue weighted by atomic mass is 16.5. The lowest BCUT2D eigenvalue weighted by Crippen LogP contribution is -2.32. The van der Waals surface area contributed by atoms with Crippen LogP contribution in [0.1, 0.15) is 42.9 Å². The van der Waals surface area contributed by atoms with Crippen LogP contribution >= 0.6 is 0 Å². The normalized spacial score (nSPS) is 18.0. The van der Waals surface area contributed by atoms with Gasteiger partial charge in [-0.25, -0.2) is 4.98 Å². The number of amides is 1. The SMILES string of the molecule is Cc1cccc2c(=O)n(CCC(=O)N3CCC[C@H]3c3ccc4c(c3)OCCCO4)cnc12. The number of aryl methyl sites for hydroxylation is 2. The van der Waals surface area contributed by atoms with Crippen molar-refractivity contribution in [2.75, 3.05) is 19.8 Å². The van der Waals surface area contributed by atoms with Crippen LogP contribution in [0, 0.1) is 6.92 Å². The maximum Gasteiger partial charge on any atom is 0.261 e. The molecule has 0 radical (unpaired) electrons. The largest absolute Gasteiger partial charge is 0.490 e. The lowest BCUT2D eigenvalue weighted by Gasteiger charge is -2.26. The molecule has 1 atom stereocenters. The molecule has 5 rings (SSSR count). The third-order valence-corrected chi connectivity index (χ3v) is 6.35. The Morgan fingerprint density at radius 2 is 1.97 bits per heavy atom. The third-order valence-electron chi connectivity index (χ3n) is 6.35. The second-order valence-corrected chi connectivity index (χ2v) is 8.47. The van der Waals surface area contributed by atoms with Gasteiger partial charge in [-0.15, -0.1) is 0 Å². The first kappa shape index (κ1) is 20.5. The zero-order chi connectivity index (χ0) is 22.1. The van der Waals surface area contributed by atoms with E-state index in [9.17, 15) is 9.59 Å². The first-order valence-electron chi connectivity index (χ1n) is 11.3. The van der Waals surface area contributed by atoms with Crippen molar-refractivity contribution in [1.29, 1.82) is 0 Å². The van der Waals surface area contributed by atoms with Crippen LogP contribution in [0.25, 0.3) is 10.9 Å². The first-order chi connectivity index (χ1) is 15.6. The van der Waals surface area contributed by atoms with Gasteiger partial charge in [0.15, 0.2) is 11.5 Å². The summed E-state index contributed by atoms with van der Waals surface area (Å²) < 4.78 is 13.1. The molecule has 0 unspecified atom stereocenters. The molecule has 1 saturated heterocycles. The number of likely N-dealkylation sites (tertiary alicyclic amines) is 1. The molecule has 1 amide bonds. The van der Waals surface area contributed by atoms with Gasteiger partial charge in [-0.3, -0.25) is 14.2 Å². The molecule has 0 aliphatic carbocycles. The highest BCUT2D eigenvalue weighted by Gasteiger charge is 2.30. The second-order valence-electron chi connectivity index (χ2n) is 8.47. The molecule has 0 N–H and O–H groups in total. The number of fused-ring (bicyclic) bond motifs is 2. The quantitative estimate of drug-likeness (QED) is 0.628. The van der Waals surface area contributed by atoms with E-state index in [2.05, 4.69) is 4.98 Å². The molecule has 32 heavy (non-hydrogen) atoms. The maximum absolute atomic E-state index is 13.1. The van der Waals surface area contributed by atoms with Crippen LogP contribution in [-0.4, -0.2) is 40.1 Å². The van der Waals surface area contributed by atoms with E-state index in [-0.39, 0.29) is 23.9 Å². The van der Waals surface area contributed by atoms with Gasteiger partial charge >= 0.3 is 0 Å². The summed E-state index contributed by atoms with van der Waals surface area (Å²) in [5, 5.41) is 0.589. The number of rotatable bonds is 4. The van der Waals surface area contributed by atoms with Crippen LogP contribution < -0.4 is 15.0 Å². The fourth-order valence-corrected chi connectivity index (χ4v) is 4.66. The number of hydrogen-bond acceptors (Lipinski definition) is 5. The zero-order valence-electron chi connectivity index (χ0n) is 18.3. The van der Waals surface area contributed by atoms with E-state index < -0.39 is 0 Å². The summed E-state index contributed by atoms with van der Waals surface area (Å²) >= 11 is 0. The minimum absolute atomic E-state index is 0.0220. The molecular weight excluding hydrogens is 406 g/mol. The predicted molar refractivity (Wildman–Crippen MR) is 121 cm³/mol. The van der Waals surface area contributed by atoms with Crippen molar-refractivity contribution >= 4 is 16.8 Å². The van der Waals surface area contributed by atoms with Crippen LogP contribution in [0.3, 0.4) is 0 Å². The van der Waals surface area contributed by atoms with Gasteiger partial charge in [0.1, 0.15) is 0 Å². The number of para-hydroxylation sites is 1.